The second-order valence-corrected chi connectivity index (χ2v) is 6.53. The average molecular weight is 346 g/mol. The number of benzene rings is 1. The van der Waals surface area contributed by atoms with E-state index in [1.807, 2.05) is 6.07 Å². The van der Waals surface area contributed by atoms with Gasteiger partial charge in [-0.3, -0.25) is 0 Å². The first-order valence-electron chi connectivity index (χ1n) is 7.57. The first-order valence-corrected chi connectivity index (χ1v) is 8.36. The summed E-state index contributed by atoms with van der Waals surface area (Å²) in [5, 5.41) is 3.45. The maximum atomic E-state index is 4.84. The van der Waals surface area contributed by atoms with Gasteiger partial charge >= 0.3 is 0 Å². The Balaban J connectivity index is 2.07. The zero-order valence-electron chi connectivity index (χ0n) is 12.5. The highest BCUT2D eigenvalue weighted by atomic mass is 79.9. The molecule has 1 aliphatic rings. The van der Waals surface area contributed by atoms with Crippen molar-refractivity contribution in [1.29, 1.82) is 0 Å². The fourth-order valence-electron chi connectivity index (χ4n) is 2.39. The number of hydrogen-bond acceptors (Lipinski definition) is 3. The van der Waals surface area contributed by atoms with Gasteiger partial charge in [0.15, 0.2) is 0 Å². The van der Waals surface area contributed by atoms with E-state index in [2.05, 4.69) is 53.3 Å². The minimum Gasteiger partial charge on any atom is -0.370 e. The van der Waals surface area contributed by atoms with Crippen LogP contribution in [0.4, 0.5) is 5.82 Å². The quantitative estimate of drug-likeness (QED) is 0.836. The molecule has 21 heavy (non-hydrogen) atoms. The summed E-state index contributed by atoms with van der Waals surface area (Å²) in [7, 11) is 0. The molecule has 0 aliphatic heterocycles. The molecule has 3 nitrogen and oxygen atoms in total. The van der Waals surface area contributed by atoms with Crippen molar-refractivity contribution in [3.05, 3.63) is 40.1 Å². The standard InChI is InChI=1S/C17H20BrN3/c1-3-9-19-16-11(2)15(13-5-4-6-14(18)10-13)20-17(21-16)12-7-8-12/h4-6,10,12H,3,7-9H2,1-2H3,(H,19,20,21). The van der Waals surface area contributed by atoms with Gasteiger partial charge in [-0.15, -0.1) is 0 Å². The maximum absolute atomic E-state index is 4.84. The summed E-state index contributed by atoms with van der Waals surface area (Å²) in [4.78, 5) is 9.59. The van der Waals surface area contributed by atoms with E-state index in [-0.39, 0.29) is 0 Å². The van der Waals surface area contributed by atoms with Crippen LogP contribution in [0.2, 0.25) is 0 Å². The molecule has 110 valence electrons. The van der Waals surface area contributed by atoms with Crippen LogP contribution in [0.1, 0.15) is 43.5 Å². The molecular formula is C17H20BrN3. The highest BCUT2D eigenvalue weighted by Crippen LogP contribution is 2.40. The maximum Gasteiger partial charge on any atom is 0.134 e. The van der Waals surface area contributed by atoms with Crippen LogP contribution in [0, 0.1) is 6.92 Å². The molecule has 1 fully saturated rings. The lowest BCUT2D eigenvalue weighted by Gasteiger charge is -2.14. The molecule has 0 amide bonds. The third-order valence-electron chi connectivity index (χ3n) is 3.75. The SMILES string of the molecule is CCCNc1nc(C2CC2)nc(-c2cccc(Br)c2)c1C. The molecular weight excluding hydrogens is 326 g/mol. The van der Waals surface area contributed by atoms with Gasteiger partial charge < -0.3 is 5.32 Å². The fourth-order valence-corrected chi connectivity index (χ4v) is 2.79. The van der Waals surface area contributed by atoms with Crippen LogP contribution in [0.15, 0.2) is 28.7 Å². The lowest BCUT2D eigenvalue weighted by atomic mass is 10.1. The summed E-state index contributed by atoms with van der Waals surface area (Å²) in [6.07, 6.45) is 3.52. The molecule has 0 atom stereocenters. The van der Waals surface area contributed by atoms with E-state index in [1.165, 1.54) is 12.8 Å². The van der Waals surface area contributed by atoms with Crippen LogP contribution < -0.4 is 5.32 Å². The summed E-state index contributed by atoms with van der Waals surface area (Å²) >= 11 is 3.55. The lowest BCUT2D eigenvalue weighted by molar-refractivity contribution is 0.902. The number of rotatable bonds is 5. The third-order valence-corrected chi connectivity index (χ3v) is 4.24. The number of halogens is 1. The number of nitrogens with zero attached hydrogens (tertiary/aromatic N) is 2. The second-order valence-electron chi connectivity index (χ2n) is 5.62. The summed E-state index contributed by atoms with van der Waals surface area (Å²) in [5.74, 6) is 2.54. The Morgan fingerprint density at radius 3 is 2.76 bits per heavy atom. The smallest absolute Gasteiger partial charge is 0.134 e. The van der Waals surface area contributed by atoms with E-state index in [4.69, 9.17) is 9.97 Å². The molecule has 0 saturated heterocycles. The molecule has 1 heterocycles. The van der Waals surface area contributed by atoms with E-state index in [0.717, 1.165) is 45.9 Å². The molecule has 0 spiro atoms. The molecule has 0 radical (unpaired) electrons. The van der Waals surface area contributed by atoms with Gasteiger partial charge in [-0.1, -0.05) is 35.0 Å². The van der Waals surface area contributed by atoms with E-state index < -0.39 is 0 Å². The van der Waals surface area contributed by atoms with Gasteiger partial charge in [0.05, 0.1) is 5.69 Å². The summed E-state index contributed by atoms with van der Waals surface area (Å²) in [6, 6.07) is 8.32. The van der Waals surface area contributed by atoms with Crippen molar-refractivity contribution in [2.45, 2.75) is 39.0 Å². The largest absolute Gasteiger partial charge is 0.370 e. The Morgan fingerprint density at radius 1 is 1.29 bits per heavy atom. The summed E-state index contributed by atoms with van der Waals surface area (Å²) in [5.41, 5.74) is 3.32. The van der Waals surface area contributed by atoms with E-state index in [1.54, 1.807) is 0 Å². The van der Waals surface area contributed by atoms with Crippen molar-refractivity contribution in [2.75, 3.05) is 11.9 Å². The van der Waals surface area contributed by atoms with Crippen molar-refractivity contribution in [3.8, 4) is 11.3 Å². The summed E-state index contributed by atoms with van der Waals surface area (Å²) in [6.45, 7) is 5.21. The lowest BCUT2D eigenvalue weighted by Crippen LogP contribution is -2.08. The van der Waals surface area contributed by atoms with Crippen molar-refractivity contribution in [1.82, 2.24) is 9.97 Å². The number of aromatic nitrogens is 2. The van der Waals surface area contributed by atoms with Crippen LogP contribution in [0.3, 0.4) is 0 Å². The van der Waals surface area contributed by atoms with Crippen LogP contribution in [0.25, 0.3) is 11.3 Å². The molecule has 1 N–H and O–H groups in total. The van der Waals surface area contributed by atoms with Crippen LogP contribution in [0.5, 0.6) is 0 Å². The first kappa shape index (κ1) is 14.5. The van der Waals surface area contributed by atoms with E-state index >= 15 is 0 Å². The van der Waals surface area contributed by atoms with Gasteiger partial charge in [-0.25, -0.2) is 9.97 Å². The Kier molecular flexibility index (Phi) is 4.24. The second kappa shape index (κ2) is 6.14. The van der Waals surface area contributed by atoms with Crippen LogP contribution >= 0.6 is 15.9 Å². The molecule has 1 aromatic heterocycles. The fraction of sp³-hybridized carbons (Fsp3) is 0.412. The van der Waals surface area contributed by atoms with Gasteiger partial charge in [0, 0.05) is 28.1 Å². The topological polar surface area (TPSA) is 37.8 Å². The first-order chi connectivity index (χ1) is 10.2. The number of anilines is 1. The normalized spacial score (nSPS) is 14.2. The van der Waals surface area contributed by atoms with Crippen molar-refractivity contribution >= 4 is 21.7 Å². The van der Waals surface area contributed by atoms with E-state index in [0.29, 0.717) is 5.92 Å². The zero-order valence-corrected chi connectivity index (χ0v) is 14.1. The average Bonchev–Trinajstić information content (AvgIpc) is 3.31. The van der Waals surface area contributed by atoms with Gasteiger partial charge in [-0.2, -0.15) is 0 Å². The third kappa shape index (κ3) is 3.26. The molecule has 1 saturated carbocycles. The zero-order chi connectivity index (χ0) is 14.8. The highest BCUT2D eigenvalue weighted by molar-refractivity contribution is 9.10. The molecule has 0 bridgehead atoms. The Hall–Kier alpha value is -1.42. The van der Waals surface area contributed by atoms with Gasteiger partial charge in [0.2, 0.25) is 0 Å². The van der Waals surface area contributed by atoms with Crippen molar-refractivity contribution in [3.63, 3.8) is 0 Å². The monoisotopic (exact) mass is 345 g/mol. The highest BCUT2D eigenvalue weighted by Gasteiger charge is 2.28. The van der Waals surface area contributed by atoms with Crippen molar-refractivity contribution < 1.29 is 0 Å². The predicted octanol–water partition coefficient (Wildman–Crippen LogP) is 4.91. The molecule has 1 aliphatic carbocycles. The molecule has 4 heteroatoms. The van der Waals surface area contributed by atoms with Crippen LogP contribution in [-0.4, -0.2) is 16.5 Å². The number of hydrogen-bond donors (Lipinski definition) is 1. The van der Waals surface area contributed by atoms with Gasteiger partial charge in [0.1, 0.15) is 11.6 Å². The van der Waals surface area contributed by atoms with Crippen LogP contribution in [-0.2, 0) is 0 Å². The molecule has 3 rings (SSSR count). The Bertz CT molecular complexity index is 650. The number of nitrogens with one attached hydrogen (secondary N) is 1. The molecule has 0 unspecified atom stereocenters. The van der Waals surface area contributed by atoms with Gasteiger partial charge in [0.25, 0.3) is 0 Å². The van der Waals surface area contributed by atoms with Gasteiger partial charge in [-0.05, 0) is 38.3 Å². The molecule has 1 aromatic carbocycles. The Labute approximate surface area is 134 Å². The minimum atomic E-state index is 0.554. The summed E-state index contributed by atoms with van der Waals surface area (Å²) < 4.78 is 1.08. The predicted molar refractivity (Wildman–Crippen MR) is 90.7 cm³/mol. The minimum absolute atomic E-state index is 0.554. The Morgan fingerprint density at radius 2 is 2.10 bits per heavy atom. The van der Waals surface area contributed by atoms with E-state index in [9.17, 15) is 0 Å². The van der Waals surface area contributed by atoms with Crippen molar-refractivity contribution in [2.24, 2.45) is 0 Å². The molecule has 2 aromatic rings.